The smallest absolute Gasteiger partial charge is 0.330 e. The van der Waals surface area contributed by atoms with Crippen molar-refractivity contribution in [1.82, 2.24) is 24.8 Å². The van der Waals surface area contributed by atoms with Crippen LogP contribution in [0.1, 0.15) is 29.6 Å². The van der Waals surface area contributed by atoms with Crippen molar-refractivity contribution in [2.75, 3.05) is 26.5 Å². The number of amides is 1. The van der Waals surface area contributed by atoms with Gasteiger partial charge in [0, 0.05) is 23.4 Å². The summed E-state index contributed by atoms with van der Waals surface area (Å²) in [4.78, 5) is 26.0. The Morgan fingerprint density at radius 3 is 2.84 bits per heavy atom. The molecular weight excluding hydrogens is 436 g/mol. The van der Waals surface area contributed by atoms with Gasteiger partial charge in [0.05, 0.1) is 32.0 Å². The molecule has 2 unspecified atom stereocenters. The third-order valence-electron chi connectivity index (χ3n) is 6.07. The predicted octanol–water partition coefficient (Wildman–Crippen LogP) is 3.27. The first-order valence-electron chi connectivity index (χ1n) is 10.3. The molecule has 32 heavy (non-hydrogen) atoms. The third-order valence-corrected chi connectivity index (χ3v) is 6.97. The molecule has 0 radical (unpaired) electrons. The lowest BCUT2D eigenvalue weighted by Crippen LogP contribution is -2.68. The molecule has 0 aliphatic heterocycles. The zero-order valence-corrected chi connectivity index (χ0v) is 18.9. The van der Waals surface area contributed by atoms with Crippen molar-refractivity contribution in [3.63, 3.8) is 0 Å². The van der Waals surface area contributed by atoms with E-state index in [2.05, 4.69) is 25.6 Å². The summed E-state index contributed by atoms with van der Waals surface area (Å²) in [5.74, 6) is -3.26. The predicted molar refractivity (Wildman–Crippen MR) is 123 cm³/mol. The van der Waals surface area contributed by atoms with E-state index in [1.165, 1.54) is 17.5 Å². The molecule has 3 aromatic heterocycles. The summed E-state index contributed by atoms with van der Waals surface area (Å²) in [6.07, 6.45) is 3.90. The van der Waals surface area contributed by atoms with Gasteiger partial charge in [0.2, 0.25) is 0 Å². The number of rotatable bonds is 6. The number of hydrogen-bond donors (Lipinski definition) is 3. The van der Waals surface area contributed by atoms with Gasteiger partial charge in [-0.2, -0.15) is 18.7 Å². The molecule has 1 saturated carbocycles. The average Bonchev–Trinajstić information content (AvgIpc) is 3.15. The molecule has 1 aliphatic rings. The molecule has 3 heterocycles. The van der Waals surface area contributed by atoms with Crippen molar-refractivity contribution >= 4 is 44.9 Å². The summed E-state index contributed by atoms with van der Waals surface area (Å²) in [7, 11) is 5.03. The van der Waals surface area contributed by atoms with E-state index in [-0.39, 0.29) is 28.2 Å². The molecule has 0 saturated heterocycles. The number of carbonyl (C=O) groups is 1. The van der Waals surface area contributed by atoms with E-state index < -0.39 is 23.9 Å². The third kappa shape index (κ3) is 3.91. The summed E-state index contributed by atoms with van der Waals surface area (Å²) < 4.78 is 29.9. The van der Waals surface area contributed by atoms with Crippen LogP contribution in [0, 0.1) is 0 Å². The lowest BCUT2D eigenvalue weighted by atomic mass is 9.85. The number of nitrogens with one attached hydrogen (secondary N) is 2. The number of anilines is 2. The lowest BCUT2D eigenvalue weighted by molar-refractivity contribution is -0.104. The van der Waals surface area contributed by atoms with Crippen LogP contribution in [-0.2, 0) is 0 Å². The average molecular weight is 463 g/mol. The number of likely N-dealkylation sites (N-methyl/N-ethyl adjacent to an activating group) is 2. The topological polar surface area (TPSA) is 106 Å². The highest BCUT2D eigenvalue weighted by Crippen LogP contribution is 2.41. The lowest BCUT2D eigenvalue weighted by Gasteiger charge is -2.45. The van der Waals surface area contributed by atoms with Crippen LogP contribution in [0.5, 0.6) is 0 Å². The van der Waals surface area contributed by atoms with Crippen LogP contribution >= 0.6 is 11.3 Å². The molecule has 0 bridgehead atoms. The van der Waals surface area contributed by atoms with Crippen molar-refractivity contribution in [1.29, 1.82) is 0 Å². The van der Waals surface area contributed by atoms with E-state index in [1.54, 1.807) is 27.3 Å². The van der Waals surface area contributed by atoms with Crippen molar-refractivity contribution in [2.45, 2.75) is 37.3 Å². The van der Waals surface area contributed by atoms with Crippen LogP contribution in [-0.4, -0.2) is 60.0 Å². The zero-order chi connectivity index (χ0) is 23.1. The minimum atomic E-state index is -2.90. The number of halogens is 2. The Morgan fingerprint density at radius 1 is 1.34 bits per heavy atom. The van der Waals surface area contributed by atoms with Gasteiger partial charge in [-0.1, -0.05) is 0 Å². The Kier molecular flexibility index (Phi) is 5.82. The number of primary amides is 1. The van der Waals surface area contributed by atoms with Crippen molar-refractivity contribution in [3.05, 3.63) is 35.5 Å². The highest BCUT2D eigenvalue weighted by atomic mass is 32.1. The van der Waals surface area contributed by atoms with Crippen LogP contribution in [0.4, 0.5) is 26.2 Å². The number of nitrogens with two attached hydrogens (primary N) is 1. The van der Waals surface area contributed by atoms with Gasteiger partial charge in [-0.15, -0.1) is 11.3 Å². The van der Waals surface area contributed by atoms with E-state index in [4.69, 9.17) is 5.73 Å². The van der Waals surface area contributed by atoms with Crippen LogP contribution in [0.2, 0.25) is 0 Å². The van der Waals surface area contributed by atoms with Gasteiger partial charge >= 0.3 is 11.9 Å². The first-order chi connectivity index (χ1) is 15.1. The fourth-order valence-electron chi connectivity index (χ4n) is 4.52. The van der Waals surface area contributed by atoms with E-state index in [1.807, 2.05) is 17.5 Å². The molecule has 0 spiro atoms. The molecule has 3 aromatic rings. The van der Waals surface area contributed by atoms with Crippen molar-refractivity contribution in [3.8, 4) is 0 Å². The normalized spacial score (nSPS) is 20.9. The van der Waals surface area contributed by atoms with E-state index >= 15 is 8.78 Å². The summed E-state index contributed by atoms with van der Waals surface area (Å²) in [6.45, 7) is 0. The largest absolute Gasteiger partial charge is 0.365 e. The van der Waals surface area contributed by atoms with E-state index in [0.29, 0.717) is 18.5 Å². The maximum absolute atomic E-state index is 15.1. The number of alkyl halides is 2. The Bertz CT molecular complexity index is 1150. The molecule has 4 rings (SSSR count). The Hall–Kier alpha value is -2.76. The van der Waals surface area contributed by atoms with Gasteiger partial charge in [-0.05, 0) is 32.0 Å². The minimum Gasteiger partial charge on any atom is -0.365 e. The summed E-state index contributed by atoms with van der Waals surface area (Å²) in [6, 6.07) is 2.23. The summed E-state index contributed by atoms with van der Waals surface area (Å²) in [5.41, 5.74) is 6.32. The Morgan fingerprint density at radius 2 is 2.12 bits per heavy atom. The molecule has 11 heteroatoms. The highest BCUT2D eigenvalue weighted by molar-refractivity contribution is 7.17. The van der Waals surface area contributed by atoms with Gasteiger partial charge in [0.1, 0.15) is 10.4 Å². The van der Waals surface area contributed by atoms with Crippen molar-refractivity contribution < 1.29 is 13.6 Å². The van der Waals surface area contributed by atoms with Gasteiger partial charge in [0.15, 0.2) is 11.9 Å². The molecule has 0 aromatic carbocycles. The second kappa shape index (κ2) is 8.30. The fraction of sp³-hybridized carbons (Fsp3) is 0.429. The van der Waals surface area contributed by atoms with Gasteiger partial charge in [-0.3, -0.25) is 9.28 Å². The molecule has 1 fully saturated rings. The maximum Gasteiger partial charge on any atom is 0.330 e. The number of quaternary nitrogens is 1. The Balaban J connectivity index is 1.77. The zero-order valence-electron chi connectivity index (χ0n) is 18.1. The molecular formula is C21H26F2N7OS+. The summed E-state index contributed by atoms with van der Waals surface area (Å²) >= 11 is 1.44. The first kappa shape index (κ1) is 22.4. The van der Waals surface area contributed by atoms with Crippen LogP contribution in [0.3, 0.4) is 0 Å². The van der Waals surface area contributed by atoms with Gasteiger partial charge in [-0.25, -0.2) is 4.98 Å². The van der Waals surface area contributed by atoms with Crippen LogP contribution in [0.15, 0.2) is 29.9 Å². The standard InChI is InChI=1S/C21H25F2N7OS/c1-25-14-7-4-8-21(22,23)16(14)30(2,3)20-27-10-13(17(24)31)18(29-20)28-15-11-32-19-12(15)6-5-9-26-19/h5-6,9-11,14,16,25H,4,7-8H2,1-3H3,(H2-,24,27,28,29,31)/p+1. The second-order valence-electron chi connectivity index (χ2n) is 8.46. The maximum atomic E-state index is 15.1. The molecule has 170 valence electrons. The minimum absolute atomic E-state index is 0.0811. The molecule has 2 atom stereocenters. The fourth-order valence-corrected chi connectivity index (χ4v) is 5.37. The van der Waals surface area contributed by atoms with Gasteiger partial charge in [0.25, 0.3) is 5.91 Å². The van der Waals surface area contributed by atoms with E-state index in [0.717, 1.165) is 10.2 Å². The number of pyridine rings is 1. The number of hydrogen-bond acceptors (Lipinski definition) is 7. The monoisotopic (exact) mass is 462 g/mol. The van der Waals surface area contributed by atoms with Crippen molar-refractivity contribution in [2.24, 2.45) is 5.73 Å². The molecule has 4 N–H and O–H groups in total. The molecule has 1 aliphatic carbocycles. The number of nitrogens with zero attached hydrogens (tertiary/aromatic N) is 4. The van der Waals surface area contributed by atoms with Gasteiger partial charge < -0.3 is 16.4 Å². The molecule has 1 amide bonds. The number of thiophene rings is 1. The quantitative estimate of drug-likeness (QED) is 0.486. The second-order valence-corrected chi connectivity index (χ2v) is 9.32. The first-order valence-corrected chi connectivity index (χ1v) is 11.2. The molecule has 8 nitrogen and oxygen atoms in total. The van der Waals surface area contributed by atoms with Crippen LogP contribution < -0.4 is 20.9 Å². The van der Waals surface area contributed by atoms with E-state index in [9.17, 15) is 4.79 Å². The van der Waals surface area contributed by atoms with Crippen LogP contribution in [0.25, 0.3) is 10.2 Å². The summed E-state index contributed by atoms with van der Waals surface area (Å²) in [5, 5.41) is 8.90. The SMILES string of the molecule is CNC1CCCC(F)(F)C1[N+](C)(C)c1ncc(C(N)=O)c(Nc2csc3ncccc23)n1. The number of aromatic nitrogens is 3. The number of carbonyl (C=O) groups excluding carboxylic acids is 1. The highest BCUT2D eigenvalue weighted by Gasteiger charge is 2.57. The number of fused-ring (bicyclic) bond motifs is 1. The Labute approximate surface area is 188 Å².